The van der Waals surface area contributed by atoms with Gasteiger partial charge in [0.15, 0.2) is 6.54 Å². The Balaban J connectivity index is 3.38. The van der Waals surface area contributed by atoms with E-state index in [1.165, 1.54) is 77.6 Å². The summed E-state index contributed by atoms with van der Waals surface area (Å²) >= 11 is 0. The molecule has 0 saturated heterocycles. The van der Waals surface area contributed by atoms with E-state index in [2.05, 4.69) is 6.92 Å². The Kier molecular flexibility index (Phi) is 24.5. The minimum Gasteiger partial charge on any atom is -0.466 e. The van der Waals surface area contributed by atoms with Gasteiger partial charge in [-0.2, -0.15) is 0 Å². The SMILES string of the molecule is CCCCCCCCCCCCC(=O)OCCCCCCCCCCOC(=O)C[N+](C)(C)CCOC(C)=O. The van der Waals surface area contributed by atoms with Crippen LogP contribution in [0.2, 0.25) is 0 Å². The lowest BCUT2D eigenvalue weighted by molar-refractivity contribution is -0.883. The summed E-state index contributed by atoms with van der Waals surface area (Å²) in [5.74, 6) is -0.542. The summed E-state index contributed by atoms with van der Waals surface area (Å²) in [5.41, 5.74) is 0. The second-order valence-electron chi connectivity index (χ2n) is 11.4. The van der Waals surface area contributed by atoms with Crippen LogP contribution in [-0.2, 0) is 28.6 Å². The van der Waals surface area contributed by atoms with Gasteiger partial charge in [-0.25, -0.2) is 4.79 Å². The molecule has 0 radical (unpaired) electrons. The average molecular weight is 543 g/mol. The number of hydrogen-bond acceptors (Lipinski definition) is 6. The molecule has 0 aliphatic heterocycles. The lowest BCUT2D eigenvalue weighted by Gasteiger charge is -2.28. The Morgan fingerprint density at radius 3 is 1.42 bits per heavy atom. The first-order valence-electron chi connectivity index (χ1n) is 15.5. The summed E-state index contributed by atoms with van der Waals surface area (Å²) in [4.78, 5) is 34.7. The minimum atomic E-state index is -0.303. The molecule has 7 heteroatoms. The third-order valence-electron chi connectivity index (χ3n) is 6.86. The van der Waals surface area contributed by atoms with Crippen molar-refractivity contribution in [2.45, 2.75) is 136 Å². The second-order valence-corrected chi connectivity index (χ2v) is 11.4. The number of rotatable bonds is 27. The largest absolute Gasteiger partial charge is 0.466 e. The highest BCUT2D eigenvalue weighted by Crippen LogP contribution is 2.12. The highest BCUT2D eigenvalue weighted by molar-refractivity contribution is 5.70. The fourth-order valence-corrected chi connectivity index (χ4v) is 4.38. The van der Waals surface area contributed by atoms with Gasteiger partial charge >= 0.3 is 17.9 Å². The van der Waals surface area contributed by atoms with Gasteiger partial charge in [0.05, 0.1) is 27.3 Å². The van der Waals surface area contributed by atoms with Crippen molar-refractivity contribution in [2.75, 3.05) is 47.0 Å². The molecule has 0 aromatic rings. The maximum absolute atomic E-state index is 12.0. The molecule has 0 unspecified atom stereocenters. The molecule has 0 aliphatic carbocycles. The van der Waals surface area contributed by atoms with Gasteiger partial charge in [0.25, 0.3) is 0 Å². The summed E-state index contributed by atoms with van der Waals surface area (Å²) in [6.07, 6.45) is 22.1. The van der Waals surface area contributed by atoms with Crippen molar-refractivity contribution in [1.82, 2.24) is 0 Å². The number of esters is 3. The van der Waals surface area contributed by atoms with Gasteiger partial charge in [0.2, 0.25) is 0 Å². The van der Waals surface area contributed by atoms with Crippen LogP contribution in [0.3, 0.4) is 0 Å². The van der Waals surface area contributed by atoms with Crippen LogP contribution in [-0.4, -0.2) is 69.4 Å². The molecule has 0 aromatic carbocycles. The van der Waals surface area contributed by atoms with Crippen molar-refractivity contribution in [3.63, 3.8) is 0 Å². The smallest absolute Gasteiger partial charge is 0.361 e. The number of unbranched alkanes of at least 4 members (excludes halogenated alkanes) is 16. The summed E-state index contributed by atoms with van der Waals surface area (Å²) in [6, 6.07) is 0. The Morgan fingerprint density at radius 1 is 0.526 bits per heavy atom. The highest BCUT2D eigenvalue weighted by atomic mass is 16.5. The van der Waals surface area contributed by atoms with Crippen LogP contribution in [0.15, 0.2) is 0 Å². The Morgan fingerprint density at radius 2 is 0.947 bits per heavy atom. The van der Waals surface area contributed by atoms with Crippen molar-refractivity contribution in [3.05, 3.63) is 0 Å². The number of hydrogen-bond donors (Lipinski definition) is 0. The first-order valence-corrected chi connectivity index (χ1v) is 15.5. The van der Waals surface area contributed by atoms with E-state index >= 15 is 0 Å². The van der Waals surface area contributed by atoms with Gasteiger partial charge in [0.1, 0.15) is 13.2 Å². The predicted octanol–water partition coefficient (Wildman–Crippen LogP) is 7.14. The van der Waals surface area contributed by atoms with Crippen LogP contribution in [0.5, 0.6) is 0 Å². The molecule has 0 aromatic heterocycles. The Hall–Kier alpha value is -1.63. The number of nitrogens with zero attached hydrogens (tertiary/aromatic N) is 1. The molecule has 0 saturated carbocycles. The molecule has 38 heavy (non-hydrogen) atoms. The van der Waals surface area contributed by atoms with Crippen LogP contribution in [0.25, 0.3) is 0 Å². The van der Waals surface area contributed by atoms with Crippen LogP contribution < -0.4 is 0 Å². The zero-order valence-corrected chi connectivity index (χ0v) is 25.4. The molecule has 0 bridgehead atoms. The van der Waals surface area contributed by atoms with Crippen molar-refractivity contribution in [3.8, 4) is 0 Å². The molecule has 224 valence electrons. The maximum atomic E-state index is 12.0. The molecule has 0 heterocycles. The fraction of sp³-hybridized carbons (Fsp3) is 0.903. The third-order valence-corrected chi connectivity index (χ3v) is 6.86. The molecule has 0 N–H and O–H groups in total. The number of likely N-dealkylation sites (N-methyl/N-ethyl adjacent to an activating group) is 1. The Bertz CT molecular complexity index is 593. The van der Waals surface area contributed by atoms with Crippen LogP contribution in [0, 0.1) is 0 Å². The molecule has 0 spiro atoms. The fourth-order valence-electron chi connectivity index (χ4n) is 4.38. The topological polar surface area (TPSA) is 78.9 Å². The van der Waals surface area contributed by atoms with E-state index < -0.39 is 0 Å². The van der Waals surface area contributed by atoms with Crippen LogP contribution >= 0.6 is 0 Å². The van der Waals surface area contributed by atoms with Gasteiger partial charge in [0, 0.05) is 13.3 Å². The van der Waals surface area contributed by atoms with Gasteiger partial charge < -0.3 is 18.7 Å². The molecule has 0 atom stereocenters. The monoisotopic (exact) mass is 542 g/mol. The zero-order chi connectivity index (χ0) is 28.3. The maximum Gasteiger partial charge on any atom is 0.361 e. The normalized spacial score (nSPS) is 11.4. The van der Waals surface area contributed by atoms with Crippen LogP contribution in [0.4, 0.5) is 0 Å². The standard InChI is InChI=1S/C31H60NO6/c1-5-6-7-8-9-10-11-14-17-20-23-30(34)37-25-21-18-15-12-13-16-19-22-26-38-31(35)28-32(3,4)24-27-36-29(2)33/h5-28H2,1-4H3/q+1. The number of quaternary nitrogens is 1. The van der Waals surface area contributed by atoms with Crippen molar-refractivity contribution >= 4 is 17.9 Å². The molecule has 0 aliphatic rings. The molecule has 0 rings (SSSR count). The lowest BCUT2D eigenvalue weighted by atomic mass is 10.1. The van der Waals surface area contributed by atoms with Gasteiger partial charge in [-0.15, -0.1) is 0 Å². The van der Waals surface area contributed by atoms with Crippen molar-refractivity contribution in [1.29, 1.82) is 0 Å². The van der Waals surface area contributed by atoms with E-state index in [1.807, 2.05) is 14.1 Å². The summed E-state index contributed by atoms with van der Waals surface area (Å²) in [7, 11) is 3.85. The van der Waals surface area contributed by atoms with Crippen molar-refractivity contribution < 1.29 is 33.1 Å². The molecule has 0 fully saturated rings. The van der Waals surface area contributed by atoms with E-state index in [1.54, 1.807) is 0 Å². The number of carbonyl (C=O) groups is 3. The van der Waals surface area contributed by atoms with E-state index in [-0.39, 0.29) is 24.5 Å². The summed E-state index contributed by atoms with van der Waals surface area (Å²) in [5, 5.41) is 0. The lowest BCUT2D eigenvalue weighted by Crippen LogP contribution is -2.46. The van der Waals surface area contributed by atoms with E-state index in [4.69, 9.17) is 14.2 Å². The van der Waals surface area contributed by atoms with E-state index in [0.717, 1.165) is 44.9 Å². The number of ether oxygens (including phenoxy) is 3. The minimum absolute atomic E-state index is 0.0326. The zero-order valence-electron chi connectivity index (χ0n) is 25.4. The number of carbonyl (C=O) groups excluding carboxylic acids is 3. The summed E-state index contributed by atoms with van der Waals surface area (Å²) < 4.78 is 16.1. The molecular formula is C31H60NO6+. The third kappa shape index (κ3) is 27.4. The van der Waals surface area contributed by atoms with Gasteiger partial charge in [-0.05, 0) is 19.3 Å². The predicted molar refractivity (Wildman–Crippen MR) is 154 cm³/mol. The first-order chi connectivity index (χ1) is 18.3. The van der Waals surface area contributed by atoms with E-state index in [0.29, 0.717) is 37.3 Å². The van der Waals surface area contributed by atoms with E-state index in [9.17, 15) is 14.4 Å². The highest BCUT2D eigenvalue weighted by Gasteiger charge is 2.21. The van der Waals surface area contributed by atoms with Crippen molar-refractivity contribution in [2.24, 2.45) is 0 Å². The average Bonchev–Trinajstić information content (AvgIpc) is 2.85. The molecular weight excluding hydrogens is 482 g/mol. The molecule has 0 amide bonds. The quantitative estimate of drug-likeness (QED) is 0.0475. The molecule has 7 nitrogen and oxygen atoms in total. The van der Waals surface area contributed by atoms with Crippen LogP contribution in [0.1, 0.15) is 136 Å². The summed E-state index contributed by atoms with van der Waals surface area (Å²) in [6.45, 7) is 5.82. The second kappa shape index (κ2) is 25.6. The first kappa shape index (κ1) is 36.4. The Labute approximate surface area is 233 Å². The van der Waals surface area contributed by atoms with Gasteiger partial charge in [-0.3, -0.25) is 9.59 Å². The van der Waals surface area contributed by atoms with Gasteiger partial charge in [-0.1, -0.05) is 103 Å².